The van der Waals surface area contributed by atoms with Crippen molar-refractivity contribution >= 4 is 0 Å². The van der Waals surface area contributed by atoms with Crippen molar-refractivity contribution in [3.05, 3.63) is 47.8 Å². The number of benzene rings is 1. The Bertz CT molecular complexity index is 507. The van der Waals surface area contributed by atoms with E-state index >= 15 is 0 Å². The van der Waals surface area contributed by atoms with E-state index in [0.717, 1.165) is 19.2 Å². The monoisotopic (exact) mass is 316 g/mol. The quantitative estimate of drug-likeness (QED) is 0.657. The predicted molar refractivity (Wildman–Crippen MR) is 78.0 cm³/mol. The SMILES string of the molecule is C=CCC[C@@H](c1cccc(C(F)(F)F)c1F)N1CCNCC1. The van der Waals surface area contributed by atoms with Crippen molar-refractivity contribution < 1.29 is 17.6 Å². The minimum Gasteiger partial charge on any atom is -0.314 e. The summed E-state index contributed by atoms with van der Waals surface area (Å²) in [5, 5.41) is 3.19. The van der Waals surface area contributed by atoms with E-state index in [1.807, 2.05) is 4.90 Å². The Kier molecular flexibility index (Phi) is 5.58. The molecule has 22 heavy (non-hydrogen) atoms. The van der Waals surface area contributed by atoms with Gasteiger partial charge >= 0.3 is 6.18 Å². The Balaban J connectivity index is 2.36. The molecule has 0 spiro atoms. The van der Waals surface area contributed by atoms with Gasteiger partial charge in [-0.15, -0.1) is 6.58 Å². The summed E-state index contributed by atoms with van der Waals surface area (Å²) in [6.45, 7) is 6.54. The van der Waals surface area contributed by atoms with E-state index in [1.165, 1.54) is 12.1 Å². The highest BCUT2D eigenvalue weighted by Gasteiger charge is 2.36. The molecular weight excluding hydrogens is 296 g/mol. The van der Waals surface area contributed by atoms with Gasteiger partial charge in [0, 0.05) is 37.8 Å². The molecule has 1 aliphatic rings. The molecule has 0 aromatic heterocycles. The van der Waals surface area contributed by atoms with Gasteiger partial charge < -0.3 is 5.32 Å². The molecule has 0 unspecified atom stereocenters. The van der Waals surface area contributed by atoms with E-state index in [1.54, 1.807) is 6.08 Å². The lowest BCUT2D eigenvalue weighted by Gasteiger charge is -2.35. The summed E-state index contributed by atoms with van der Waals surface area (Å²) in [5.41, 5.74) is -1.07. The van der Waals surface area contributed by atoms with Gasteiger partial charge in [-0.05, 0) is 18.9 Å². The molecule has 1 heterocycles. The zero-order valence-electron chi connectivity index (χ0n) is 12.3. The second-order valence-corrected chi connectivity index (χ2v) is 5.37. The molecule has 0 saturated carbocycles. The number of alkyl halides is 3. The van der Waals surface area contributed by atoms with Crippen LogP contribution in [0.5, 0.6) is 0 Å². The molecule has 2 nitrogen and oxygen atoms in total. The van der Waals surface area contributed by atoms with Crippen molar-refractivity contribution in [2.24, 2.45) is 0 Å². The standard InChI is InChI=1S/C16H20F4N2/c1-2-3-7-14(22-10-8-21-9-11-22)12-5-4-6-13(15(12)17)16(18,19)20/h2,4-6,14,21H,1,3,7-11H2/t14-/m0/s1. The smallest absolute Gasteiger partial charge is 0.314 e. The first-order chi connectivity index (χ1) is 10.4. The van der Waals surface area contributed by atoms with Crippen molar-refractivity contribution in [3.8, 4) is 0 Å². The maximum Gasteiger partial charge on any atom is 0.419 e. The number of hydrogen-bond donors (Lipinski definition) is 1. The highest BCUT2D eigenvalue weighted by Crippen LogP contribution is 2.36. The van der Waals surface area contributed by atoms with Crippen LogP contribution >= 0.6 is 0 Å². The van der Waals surface area contributed by atoms with Crippen LogP contribution in [0.1, 0.15) is 30.0 Å². The predicted octanol–water partition coefficient (Wildman–Crippen LogP) is 3.76. The second-order valence-electron chi connectivity index (χ2n) is 5.37. The van der Waals surface area contributed by atoms with Crippen molar-refractivity contribution in [1.82, 2.24) is 10.2 Å². The molecule has 1 aromatic carbocycles. The molecule has 6 heteroatoms. The number of nitrogens with one attached hydrogen (secondary N) is 1. The first kappa shape index (κ1) is 17.0. The van der Waals surface area contributed by atoms with Crippen LogP contribution in [0.3, 0.4) is 0 Å². The Morgan fingerprint density at radius 2 is 1.95 bits per heavy atom. The molecular formula is C16H20F4N2. The zero-order chi connectivity index (χ0) is 16.2. The van der Waals surface area contributed by atoms with Crippen molar-refractivity contribution in [1.29, 1.82) is 0 Å². The van der Waals surface area contributed by atoms with Gasteiger partial charge in [0.2, 0.25) is 0 Å². The summed E-state index contributed by atoms with van der Waals surface area (Å²) in [6.07, 6.45) is -1.78. The highest BCUT2D eigenvalue weighted by atomic mass is 19.4. The molecule has 122 valence electrons. The van der Waals surface area contributed by atoms with Crippen LogP contribution in [0, 0.1) is 5.82 Å². The molecule has 0 amide bonds. The average Bonchev–Trinajstić information content (AvgIpc) is 2.49. The molecule has 1 saturated heterocycles. The topological polar surface area (TPSA) is 15.3 Å². The molecule has 0 bridgehead atoms. The molecule has 1 atom stereocenters. The number of hydrogen-bond acceptors (Lipinski definition) is 2. The van der Waals surface area contributed by atoms with Gasteiger partial charge in [-0.2, -0.15) is 13.2 Å². The van der Waals surface area contributed by atoms with Crippen LogP contribution in [-0.4, -0.2) is 31.1 Å². The van der Waals surface area contributed by atoms with E-state index in [4.69, 9.17) is 0 Å². The Hall–Kier alpha value is -1.40. The van der Waals surface area contributed by atoms with Crippen molar-refractivity contribution in [2.75, 3.05) is 26.2 Å². The van der Waals surface area contributed by atoms with Gasteiger partial charge in [0.1, 0.15) is 5.82 Å². The summed E-state index contributed by atoms with van der Waals surface area (Å²) in [6, 6.07) is 3.17. The van der Waals surface area contributed by atoms with Gasteiger partial charge in [0.25, 0.3) is 0 Å². The largest absolute Gasteiger partial charge is 0.419 e. The number of allylic oxidation sites excluding steroid dienone is 1. The summed E-state index contributed by atoms with van der Waals surface area (Å²) in [5.74, 6) is -1.15. The lowest BCUT2D eigenvalue weighted by atomic mass is 9.96. The normalized spacial score (nSPS) is 18.2. The van der Waals surface area contributed by atoms with Crippen LogP contribution in [0.15, 0.2) is 30.9 Å². The Morgan fingerprint density at radius 1 is 1.27 bits per heavy atom. The van der Waals surface area contributed by atoms with Crippen LogP contribution in [0.2, 0.25) is 0 Å². The lowest BCUT2D eigenvalue weighted by Crippen LogP contribution is -2.45. The molecule has 1 aliphatic heterocycles. The Morgan fingerprint density at radius 3 is 2.55 bits per heavy atom. The number of nitrogens with zero attached hydrogens (tertiary/aromatic N) is 1. The molecule has 1 fully saturated rings. The zero-order valence-corrected chi connectivity index (χ0v) is 12.3. The third kappa shape index (κ3) is 3.87. The third-order valence-corrected chi connectivity index (χ3v) is 3.93. The second kappa shape index (κ2) is 7.24. The molecule has 0 aliphatic carbocycles. The summed E-state index contributed by atoms with van der Waals surface area (Å²) < 4.78 is 53.1. The highest BCUT2D eigenvalue weighted by molar-refractivity contribution is 5.30. The molecule has 0 radical (unpaired) electrons. The van der Waals surface area contributed by atoms with Gasteiger partial charge in [0.05, 0.1) is 5.56 Å². The van der Waals surface area contributed by atoms with Gasteiger partial charge in [-0.3, -0.25) is 4.90 Å². The third-order valence-electron chi connectivity index (χ3n) is 3.93. The maximum absolute atomic E-state index is 14.4. The molecule has 1 aromatic rings. The van der Waals surface area contributed by atoms with E-state index in [-0.39, 0.29) is 11.6 Å². The number of rotatable bonds is 5. The van der Waals surface area contributed by atoms with Crippen LogP contribution in [0.25, 0.3) is 0 Å². The summed E-state index contributed by atoms with van der Waals surface area (Å²) >= 11 is 0. The van der Waals surface area contributed by atoms with E-state index < -0.39 is 17.6 Å². The summed E-state index contributed by atoms with van der Waals surface area (Å²) in [4.78, 5) is 2.04. The van der Waals surface area contributed by atoms with Crippen LogP contribution in [0.4, 0.5) is 17.6 Å². The number of halogens is 4. The minimum absolute atomic E-state index is 0.124. The summed E-state index contributed by atoms with van der Waals surface area (Å²) in [7, 11) is 0. The van der Waals surface area contributed by atoms with Crippen LogP contribution in [-0.2, 0) is 6.18 Å². The van der Waals surface area contributed by atoms with Crippen molar-refractivity contribution in [2.45, 2.75) is 25.1 Å². The fourth-order valence-corrected chi connectivity index (χ4v) is 2.83. The van der Waals surface area contributed by atoms with Crippen molar-refractivity contribution in [3.63, 3.8) is 0 Å². The molecule has 1 N–H and O–H groups in total. The van der Waals surface area contributed by atoms with Gasteiger partial charge in [-0.1, -0.05) is 18.2 Å². The van der Waals surface area contributed by atoms with Gasteiger partial charge in [0.15, 0.2) is 0 Å². The van der Waals surface area contributed by atoms with E-state index in [9.17, 15) is 17.6 Å². The molecule has 2 rings (SSSR count). The van der Waals surface area contributed by atoms with Gasteiger partial charge in [-0.25, -0.2) is 4.39 Å². The number of piperazine rings is 1. The first-order valence-corrected chi connectivity index (χ1v) is 7.36. The Labute approximate surface area is 127 Å². The average molecular weight is 316 g/mol. The maximum atomic E-state index is 14.4. The lowest BCUT2D eigenvalue weighted by molar-refractivity contribution is -0.140. The minimum atomic E-state index is -4.67. The fourth-order valence-electron chi connectivity index (χ4n) is 2.83. The van der Waals surface area contributed by atoms with E-state index in [0.29, 0.717) is 25.9 Å². The van der Waals surface area contributed by atoms with E-state index in [2.05, 4.69) is 11.9 Å². The van der Waals surface area contributed by atoms with Crippen LogP contribution < -0.4 is 5.32 Å². The fraction of sp³-hybridized carbons (Fsp3) is 0.500. The first-order valence-electron chi connectivity index (χ1n) is 7.36.